The molecule has 1 aliphatic heterocycles. The molecule has 8 heteroatoms. The molecule has 1 aromatic carbocycles. The van der Waals surface area contributed by atoms with E-state index < -0.39 is 0 Å². The van der Waals surface area contributed by atoms with Crippen LogP contribution in [0.4, 0.5) is 5.82 Å². The fraction of sp³-hybridized carbons (Fsp3) is 0.278. The summed E-state index contributed by atoms with van der Waals surface area (Å²) in [6.07, 6.45) is 5.55. The number of aromatic nitrogens is 5. The van der Waals surface area contributed by atoms with Gasteiger partial charge in [-0.1, -0.05) is 18.2 Å². The maximum atomic E-state index is 12.3. The Bertz CT molecular complexity index is 887. The Morgan fingerprint density at radius 1 is 1.12 bits per heavy atom. The molecule has 1 aliphatic rings. The first-order valence-electron chi connectivity index (χ1n) is 8.62. The number of hydrogen-bond donors (Lipinski definition) is 1. The molecule has 0 aliphatic carbocycles. The van der Waals surface area contributed by atoms with Crippen molar-refractivity contribution in [3.05, 3.63) is 60.3 Å². The number of amides is 1. The van der Waals surface area contributed by atoms with Gasteiger partial charge < -0.3 is 10.2 Å². The zero-order valence-electron chi connectivity index (χ0n) is 14.2. The van der Waals surface area contributed by atoms with Crippen molar-refractivity contribution in [2.24, 2.45) is 0 Å². The van der Waals surface area contributed by atoms with Crippen LogP contribution < -0.4 is 10.2 Å². The van der Waals surface area contributed by atoms with E-state index in [0.717, 1.165) is 24.6 Å². The van der Waals surface area contributed by atoms with E-state index in [0.29, 0.717) is 5.82 Å². The van der Waals surface area contributed by atoms with Crippen LogP contribution in [0.2, 0.25) is 0 Å². The predicted octanol–water partition coefficient (Wildman–Crippen LogP) is 1.59. The summed E-state index contributed by atoms with van der Waals surface area (Å²) in [4.78, 5) is 24.7. The van der Waals surface area contributed by atoms with E-state index in [1.165, 1.54) is 23.8 Å². The van der Waals surface area contributed by atoms with Crippen LogP contribution in [0.25, 0.3) is 5.69 Å². The second-order valence-corrected chi connectivity index (χ2v) is 6.06. The first-order valence-corrected chi connectivity index (χ1v) is 8.62. The van der Waals surface area contributed by atoms with Crippen molar-refractivity contribution in [3.63, 3.8) is 0 Å². The van der Waals surface area contributed by atoms with E-state index in [-0.39, 0.29) is 18.1 Å². The second-order valence-electron chi connectivity index (χ2n) is 6.06. The number of hydrogen-bond acceptors (Lipinski definition) is 6. The number of nitrogens with zero attached hydrogens (tertiary/aromatic N) is 6. The molecule has 4 rings (SSSR count). The van der Waals surface area contributed by atoms with Crippen molar-refractivity contribution in [3.8, 4) is 5.69 Å². The largest absolute Gasteiger partial charge is 0.357 e. The van der Waals surface area contributed by atoms with Crippen LogP contribution in [0.15, 0.2) is 48.8 Å². The quantitative estimate of drug-likeness (QED) is 0.752. The van der Waals surface area contributed by atoms with Gasteiger partial charge in [0.2, 0.25) is 0 Å². The van der Waals surface area contributed by atoms with E-state index >= 15 is 0 Å². The average molecular weight is 349 g/mol. The normalized spacial score (nSPS) is 13.8. The lowest BCUT2D eigenvalue weighted by Gasteiger charge is -2.16. The first kappa shape index (κ1) is 16.2. The standard InChI is InChI=1S/C18H19N7O/c26-18(15-12-21-25(23-15)14-6-2-1-3-7-14)20-13-16-19-9-8-17(22-16)24-10-4-5-11-24/h1-3,6-9,12H,4-5,10-11,13H2,(H,20,26). The Morgan fingerprint density at radius 2 is 1.92 bits per heavy atom. The summed E-state index contributed by atoms with van der Waals surface area (Å²) < 4.78 is 0. The highest BCUT2D eigenvalue weighted by molar-refractivity contribution is 5.91. The Morgan fingerprint density at radius 3 is 2.73 bits per heavy atom. The summed E-state index contributed by atoms with van der Waals surface area (Å²) in [5, 5.41) is 11.2. The van der Waals surface area contributed by atoms with Crippen molar-refractivity contribution in [2.75, 3.05) is 18.0 Å². The Kier molecular flexibility index (Phi) is 4.55. The van der Waals surface area contributed by atoms with Gasteiger partial charge in [0.1, 0.15) is 11.6 Å². The van der Waals surface area contributed by atoms with Crippen LogP contribution in [0.1, 0.15) is 29.2 Å². The lowest BCUT2D eigenvalue weighted by atomic mass is 10.3. The van der Waals surface area contributed by atoms with Gasteiger partial charge in [0.05, 0.1) is 18.4 Å². The molecule has 0 unspecified atom stereocenters. The molecule has 26 heavy (non-hydrogen) atoms. The number of para-hydroxylation sites is 1. The van der Waals surface area contributed by atoms with Crippen LogP contribution in [0.5, 0.6) is 0 Å². The summed E-state index contributed by atoms with van der Waals surface area (Å²) in [6, 6.07) is 11.4. The lowest BCUT2D eigenvalue weighted by Crippen LogP contribution is -2.25. The number of nitrogens with one attached hydrogen (secondary N) is 1. The highest BCUT2D eigenvalue weighted by atomic mass is 16.2. The van der Waals surface area contributed by atoms with Gasteiger partial charge in [0.25, 0.3) is 5.91 Å². The summed E-state index contributed by atoms with van der Waals surface area (Å²) in [5.74, 6) is 1.19. The molecular weight excluding hydrogens is 330 g/mol. The third-order valence-corrected chi connectivity index (χ3v) is 4.24. The van der Waals surface area contributed by atoms with Crippen molar-refractivity contribution in [2.45, 2.75) is 19.4 Å². The molecule has 0 atom stereocenters. The van der Waals surface area contributed by atoms with Crippen molar-refractivity contribution in [1.82, 2.24) is 30.3 Å². The van der Waals surface area contributed by atoms with Gasteiger partial charge in [-0.25, -0.2) is 9.97 Å². The molecule has 8 nitrogen and oxygen atoms in total. The highest BCUT2D eigenvalue weighted by Gasteiger charge is 2.15. The van der Waals surface area contributed by atoms with Gasteiger partial charge in [0, 0.05) is 19.3 Å². The maximum absolute atomic E-state index is 12.3. The average Bonchev–Trinajstić information content (AvgIpc) is 3.39. The number of rotatable bonds is 5. The number of anilines is 1. The van der Waals surface area contributed by atoms with Crippen molar-refractivity contribution < 1.29 is 4.79 Å². The molecule has 132 valence electrons. The van der Waals surface area contributed by atoms with Crippen LogP contribution in [-0.2, 0) is 6.54 Å². The van der Waals surface area contributed by atoms with Crippen LogP contribution in [0.3, 0.4) is 0 Å². The molecule has 1 amide bonds. The molecule has 0 saturated carbocycles. The van der Waals surface area contributed by atoms with E-state index in [2.05, 4.69) is 30.4 Å². The topological polar surface area (TPSA) is 88.8 Å². The van der Waals surface area contributed by atoms with Gasteiger partial charge in [-0.05, 0) is 31.0 Å². The molecule has 0 bridgehead atoms. The predicted molar refractivity (Wildman–Crippen MR) is 96.0 cm³/mol. The lowest BCUT2D eigenvalue weighted by molar-refractivity contribution is 0.0944. The van der Waals surface area contributed by atoms with Crippen molar-refractivity contribution in [1.29, 1.82) is 0 Å². The van der Waals surface area contributed by atoms with E-state index in [1.54, 1.807) is 6.20 Å². The van der Waals surface area contributed by atoms with Gasteiger partial charge >= 0.3 is 0 Å². The van der Waals surface area contributed by atoms with Crippen LogP contribution in [-0.4, -0.2) is 44.0 Å². The van der Waals surface area contributed by atoms with Crippen molar-refractivity contribution >= 4 is 11.7 Å². The summed E-state index contributed by atoms with van der Waals surface area (Å²) in [7, 11) is 0. The Hall–Kier alpha value is -3.29. The number of carbonyl (C=O) groups is 1. The number of carbonyl (C=O) groups excluding carboxylic acids is 1. The van der Waals surface area contributed by atoms with Crippen LogP contribution >= 0.6 is 0 Å². The van der Waals surface area contributed by atoms with E-state index in [1.807, 2.05) is 36.4 Å². The highest BCUT2D eigenvalue weighted by Crippen LogP contribution is 2.16. The Labute approximate surface area is 150 Å². The molecule has 1 fully saturated rings. The Balaban J connectivity index is 1.40. The molecule has 3 aromatic rings. The first-order chi connectivity index (χ1) is 12.8. The summed E-state index contributed by atoms with van der Waals surface area (Å²) >= 11 is 0. The minimum Gasteiger partial charge on any atom is -0.357 e. The second kappa shape index (κ2) is 7.30. The third kappa shape index (κ3) is 3.53. The molecule has 0 radical (unpaired) electrons. The monoisotopic (exact) mass is 349 g/mol. The van der Waals surface area contributed by atoms with Gasteiger partial charge in [-0.15, -0.1) is 5.10 Å². The summed E-state index contributed by atoms with van der Waals surface area (Å²) in [5.41, 5.74) is 1.05. The zero-order chi connectivity index (χ0) is 17.8. The molecule has 0 spiro atoms. The summed E-state index contributed by atoms with van der Waals surface area (Å²) in [6.45, 7) is 2.29. The fourth-order valence-electron chi connectivity index (χ4n) is 2.90. The maximum Gasteiger partial charge on any atom is 0.273 e. The van der Waals surface area contributed by atoms with E-state index in [9.17, 15) is 4.79 Å². The minimum atomic E-state index is -0.303. The molecule has 3 heterocycles. The molecule has 1 N–H and O–H groups in total. The zero-order valence-corrected chi connectivity index (χ0v) is 14.2. The van der Waals surface area contributed by atoms with Gasteiger partial charge in [0.15, 0.2) is 5.69 Å². The van der Waals surface area contributed by atoms with E-state index in [4.69, 9.17) is 0 Å². The third-order valence-electron chi connectivity index (χ3n) is 4.24. The smallest absolute Gasteiger partial charge is 0.273 e. The van der Waals surface area contributed by atoms with Crippen LogP contribution in [0, 0.1) is 0 Å². The SMILES string of the molecule is O=C(NCc1nccc(N2CCCC2)n1)c1cnn(-c2ccccc2)n1. The van der Waals surface area contributed by atoms with Gasteiger partial charge in [-0.3, -0.25) is 4.79 Å². The molecule has 1 saturated heterocycles. The molecule has 2 aromatic heterocycles. The number of benzene rings is 1. The fourth-order valence-corrected chi connectivity index (χ4v) is 2.90. The minimum absolute atomic E-state index is 0.249. The molecular formula is C18H19N7O. The van der Waals surface area contributed by atoms with Gasteiger partial charge in [-0.2, -0.15) is 9.90 Å².